The Bertz CT molecular complexity index is 618. The molecule has 2 aromatic rings. The van der Waals surface area contributed by atoms with Gasteiger partial charge in [0.05, 0.1) is 11.3 Å². The van der Waals surface area contributed by atoms with Crippen LogP contribution >= 0.6 is 0 Å². The summed E-state index contributed by atoms with van der Waals surface area (Å²) >= 11 is 0. The van der Waals surface area contributed by atoms with Crippen LogP contribution in [0.1, 0.15) is 16.8 Å². The number of nitrogens with two attached hydrogens (primary N) is 1. The monoisotopic (exact) mass is 273 g/mol. The SMILES string of the molecule is Cc1nn(C)c(N(C)Cc2ccccc2)c1C(N)=NO. The molecule has 0 saturated carbocycles. The molecule has 0 aliphatic carbocycles. The van der Waals surface area contributed by atoms with Crippen molar-refractivity contribution in [2.24, 2.45) is 17.9 Å². The zero-order chi connectivity index (χ0) is 14.7. The third kappa shape index (κ3) is 2.59. The lowest BCUT2D eigenvalue weighted by atomic mass is 10.2. The van der Waals surface area contributed by atoms with Gasteiger partial charge in [0.2, 0.25) is 0 Å². The van der Waals surface area contributed by atoms with Gasteiger partial charge < -0.3 is 15.8 Å². The number of nitrogens with zero attached hydrogens (tertiary/aromatic N) is 4. The second-order valence-electron chi connectivity index (χ2n) is 4.73. The summed E-state index contributed by atoms with van der Waals surface area (Å²) in [7, 11) is 3.80. The van der Waals surface area contributed by atoms with Crippen molar-refractivity contribution in [3.8, 4) is 0 Å². The highest BCUT2D eigenvalue weighted by Crippen LogP contribution is 2.23. The average Bonchev–Trinajstić information content (AvgIpc) is 2.73. The van der Waals surface area contributed by atoms with Crippen LogP contribution in [0.5, 0.6) is 0 Å². The number of amidine groups is 1. The number of aryl methyl sites for hydroxylation is 2. The van der Waals surface area contributed by atoms with E-state index in [-0.39, 0.29) is 5.84 Å². The molecule has 1 heterocycles. The Labute approximate surface area is 118 Å². The van der Waals surface area contributed by atoms with E-state index in [0.29, 0.717) is 12.1 Å². The molecule has 0 spiro atoms. The van der Waals surface area contributed by atoms with Crippen LogP contribution in [0.3, 0.4) is 0 Å². The molecule has 2 rings (SSSR count). The van der Waals surface area contributed by atoms with Gasteiger partial charge in [0.1, 0.15) is 5.82 Å². The van der Waals surface area contributed by atoms with Gasteiger partial charge in [0, 0.05) is 20.6 Å². The van der Waals surface area contributed by atoms with E-state index in [2.05, 4.69) is 22.4 Å². The molecule has 0 saturated heterocycles. The molecular weight excluding hydrogens is 254 g/mol. The quantitative estimate of drug-likeness (QED) is 0.382. The summed E-state index contributed by atoms with van der Waals surface area (Å²) in [6.45, 7) is 2.55. The molecule has 1 aromatic heterocycles. The van der Waals surface area contributed by atoms with Gasteiger partial charge in [0.15, 0.2) is 5.84 Å². The van der Waals surface area contributed by atoms with Crippen LogP contribution in [-0.2, 0) is 13.6 Å². The Balaban J connectivity index is 2.37. The first-order chi connectivity index (χ1) is 9.54. The Morgan fingerprint density at radius 3 is 2.65 bits per heavy atom. The highest BCUT2D eigenvalue weighted by molar-refractivity contribution is 6.02. The molecule has 0 aliphatic rings. The van der Waals surface area contributed by atoms with Crippen LogP contribution in [0.25, 0.3) is 0 Å². The predicted octanol–water partition coefficient (Wildman–Crippen LogP) is 1.46. The molecule has 6 nitrogen and oxygen atoms in total. The fourth-order valence-electron chi connectivity index (χ4n) is 2.37. The van der Waals surface area contributed by atoms with Gasteiger partial charge in [-0.2, -0.15) is 5.10 Å². The minimum absolute atomic E-state index is 0.0745. The lowest BCUT2D eigenvalue weighted by Gasteiger charge is -2.20. The molecule has 0 fully saturated rings. The first kappa shape index (κ1) is 13.9. The van der Waals surface area contributed by atoms with Gasteiger partial charge in [-0.1, -0.05) is 35.5 Å². The maximum absolute atomic E-state index is 8.93. The standard InChI is InChI=1S/C14H19N5O/c1-10-12(13(15)17-20)14(19(3)16-10)18(2)9-11-7-5-4-6-8-11/h4-8,20H,9H2,1-3H3,(H2,15,17). The zero-order valence-electron chi connectivity index (χ0n) is 11.9. The van der Waals surface area contributed by atoms with Gasteiger partial charge in [-0.3, -0.25) is 4.68 Å². The lowest BCUT2D eigenvalue weighted by molar-refractivity contribution is 0.318. The van der Waals surface area contributed by atoms with E-state index in [1.807, 2.05) is 44.1 Å². The van der Waals surface area contributed by atoms with Gasteiger partial charge in [0.25, 0.3) is 0 Å². The minimum Gasteiger partial charge on any atom is -0.409 e. The van der Waals surface area contributed by atoms with Crippen molar-refractivity contribution >= 4 is 11.7 Å². The van der Waals surface area contributed by atoms with Crippen molar-refractivity contribution < 1.29 is 5.21 Å². The van der Waals surface area contributed by atoms with E-state index < -0.39 is 0 Å². The summed E-state index contributed by atoms with van der Waals surface area (Å²) in [4.78, 5) is 2.03. The fraction of sp³-hybridized carbons (Fsp3) is 0.286. The third-order valence-electron chi connectivity index (χ3n) is 3.18. The van der Waals surface area contributed by atoms with Crippen LogP contribution in [0.15, 0.2) is 35.5 Å². The minimum atomic E-state index is 0.0745. The van der Waals surface area contributed by atoms with Crippen LogP contribution in [0.4, 0.5) is 5.82 Å². The van der Waals surface area contributed by atoms with Crippen LogP contribution in [0.2, 0.25) is 0 Å². The maximum Gasteiger partial charge on any atom is 0.175 e. The van der Waals surface area contributed by atoms with Crippen LogP contribution < -0.4 is 10.6 Å². The molecule has 1 aromatic carbocycles. The van der Waals surface area contributed by atoms with Crippen molar-refractivity contribution in [3.05, 3.63) is 47.2 Å². The molecule has 6 heteroatoms. The number of oxime groups is 1. The van der Waals surface area contributed by atoms with Crippen molar-refractivity contribution in [1.29, 1.82) is 0 Å². The Kier molecular flexibility index (Phi) is 3.93. The van der Waals surface area contributed by atoms with E-state index in [1.165, 1.54) is 5.56 Å². The maximum atomic E-state index is 8.93. The Hall–Kier alpha value is -2.50. The largest absolute Gasteiger partial charge is 0.409 e. The zero-order valence-corrected chi connectivity index (χ0v) is 11.9. The molecule has 20 heavy (non-hydrogen) atoms. The average molecular weight is 273 g/mol. The molecule has 0 atom stereocenters. The normalized spacial score (nSPS) is 11.7. The van der Waals surface area contributed by atoms with Gasteiger partial charge >= 0.3 is 0 Å². The summed E-state index contributed by atoms with van der Waals surface area (Å²) in [6.07, 6.45) is 0. The molecule has 3 N–H and O–H groups in total. The molecule has 0 radical (unpaired) electrons. The Morgan fingerprint density at radius 2 is 2.05 bits per heavy atom. The van der Waals surface area contributed by atoms with Gasteiger partial charge in [-0.15, -0.1) is 0 Å². The van der Waals surface area contributed by atoms with Gasteiger partial charge in [-0.25, -0.2) is 0 Å². The molecule has 106 valence electrons. The van der Waals surface area contributed by atoms with Crippen LogP contribution in [0, 0.1) is 6.92 Å². The second kappa shape index (κ2) is 5.64. The summed E-state index contributed by atoms with van der Waals surface area (Å²) in [5.41, 5.74) is 8.33. The number of hydrogen-bond acceptors (Lipinski definition) is 4. The molecule has 0 bridgehead atoms. The summed E-state index contributed by atoms with van der Waals surface area (Å²) in [5.74, 6) is 0.896. The van der Waals surface area contributed by atoms with E-state index in [0.717, 1.165) is 11.5 Å². The van der Waals surface area contributed by atoms with Crippen molar-refractivity contribution in [2.45, 2.75) is 13.5 Å². The van der Waals surface area contributed by atoms with Crippen LogP contribution in [-0.4, -0.2) is 27.9 Å². The van der Waals surface area contributed by atoms with E-state index in [4.69, 9.17) is 10.9 Å². The smallest absolute Gasteiger partial charge is 0.175 e. The highest BCUT2D eigenvalue weighted by Gasteiger charge is 2.20. The number of hydrogen-bond donors (Lipinski definition) is 2. The molecule has 0 aliphatic heterocycles. The second-order valence-corrected chi connectivity index (χ2v) is 4.73. The van der Waals surface area contributed by atoms with Crippen molar-refractivity contribution in [3.63, 3.8) is 0 Å². The number of rotatable bonds is 4. The predicted molar refractivity (Wildman–Crippen MR) is 79.0 cm³/mol. The summed E-state index contributed by atoms with van der Waals surface area (Å²) < 4.78 is 1.74. The van der Waals surface area contributed by atoms with Gasteiger partial charge in [-0.05, 0) is 12.5 Å². The first-order valence-corrected chi connectivity index (χ1v) is 6.31. The number of aromatic nitrogens is 2. The van der Waals surface area contributed by atoms with E-state index in [1.54, 1.807) is 4.68 Å². The number of benzene rings is 1. The lowest BCUT2D eigenvalue weighted by Crippen LogP contribution is -2.24. The van der Waals surface area contributed by atoms with E-state index in [9.17, 15) is 0 Å². The molecule has 0 unspecified atom stereocenters. The van der Waals surface area contributed by atoms with Crippen molar-refractivity contribution in [1.82, 2.24) is 9.78 Å². The summed E-state index contributed by atoms with van der Waals surface area (Å²) in [6, 6.07) is 10.1. The Morgan fingerprint density at radius 1 is 1.40 bits per heavy atom. The highest BCUT2D eigenvalue weighted by atomic mass is 16.4. The van der Waals surface area contributed by atoms with E-state index >= 15 is 0 Å². The number of anilines is 1. The topological polar surface area (TPSA) is 79.7 Å². The third-order valence-corrected chi connectivity index (χ3v) is 3.18. The fourth-order valence-corrected chi connectivity index (χ4v) is 2.37. The summed E-state index contributed by atoms with van der Waals surface area (Å²) in [5, 5.41) is 16.4. The molecule has 0 amide bonds. The first-order valence-electron chi connectivity index (χ1n) is 6.31. The molecular formula is C14H19N5O. The van der Waals surface area contributed by atoms with Crippen molar-refractivity contribution in [2.75, 3.05) is 11.9 Å².